The summed E-state index contributed by atoms with van der Waals surface area (Å²) in [6, 6.07) is 78.3. The summed E-state index contributed by atoms with van der Waals surface area (Å²) < 4.78 is 0. The molecule has 0 aliphatic heterocycles. The highest BCUT2D eigenvalue weighted by Gasteiger charge is 2.45. The molecule has 1 nitrogen and oxygen atoms in total. The van der Waals surface area contributed by atoms with Crippen LogP contribution in [0, 0.1) is 0 Å². The molecule has 0 aromatic heterocycles. The molecule has 0 N–H and O–H groups in total. The van der Waals surface area contributed by atoms with Gasteiger partial charge in [-0.2, -0.15) is 0 Å². The van der Waals surface area contributed by atoms with E-state index in [1.807, 2.05) is 0 Å². The standard InChI is InChI=1S/C53H35N/c1-3-13-36(14-4-1)40-17-12-20-44(35-40)54(50-34-28-39-26-25-37-15-11-16-38-27-33-47(50)52(39)51(37)38)43-31-29-42(30-32-43)53(41-18-5-2-6-19-41)48-23-9-7-21-45(48)46-22-8-10-24-49(46)53/h1-35H. The van der Waals surface area contributed by atoms with E-state index in [0.717, 1.165) is 17.1 Å². The Labute approximate surface area is 315 Å². The molecule has 252 valence electrons. The highest BCUT2D eigenvalue weighted by Crippen LogP contribution is 2.56. The van der Waals surface area contributed by atoms with Gasteiger partial charge in [-0.1, -0.05) is 182 Å². The largest absolute Gasteiger partial charge is 0.310 e. The van der Waals surface area contributed by atoms with Crippen molar-refractivity contribution in [2.45, 2.75) is 5.41 Å². The Kier molecular flexibility index (Phi) is 6.84. The van der Waals surface area contributed by atoms with E-state index in [-0.39, 0.29) is 0 Å². The molecule has 0 spiro atoms. The molecule has 0 saturated carbocycles. The van der Waals surface area contributed by atoms with Crippen molar-refractivity contribution in [2.24, 2.45) is 0 Å². The van der Waals surface area contributed by atoms with Gasteiger partial charge in [0.2, 0.25) is 0 Å². The van der Waals surface area contributed by atoms with Gasteiger partial charge in [-0.3, -0.25) is 0 Å². The van der Waals surface area contributed by atoms with E-state index in [0.29, 0.717) is 0 Å². The molecular formula is C53H35N. The predicted molar refractivity (Wildman–Crippen MR) is 228 cm³/mol. The SMILES string of the molecule is c1ccc(-c2cccc(N(c3ccc(C4(c5ccccc5)c5ccccc5-c5ccccc54)cc3)c3ccc4ccc5cccc6ccc3c4c56)c2)cc1. The Bertz CT molecular complexity index is 2920. The van der Waals surface area contributed by atoms with Crippen LogP contribution in [0.25, 0.3) is 54.6 Å². The number of nitrogens with zero attached hydrogens (tertiary/aromatic N) is 1. The third-order valence-electron chi connectivity index (χ3n) is 11.7. The first-order valence-corrected chi connectivity index (χ1v) is 18.8. The fourth-order valence-electron chi connectivity index (χ4n) is 9.37. The van der Waals surface area contributed by atoms with Crippen LogP contribution in [0.15, 0.2) is 212 Å². The first-order chi connectivity index (χ1) is 26.8. The Morgan fingerprint density at radius 2 is 0.870 bits per heavy atom. The van der Waals surface area contributed by atoms with E-state index in [1.165, 1.54) is 76.8 Å². The van der Waals surface area contributed by atoms with Crippen LogP contribution in [0.1, 0.15) is 22.3 Å². The molecule has 11 rings (SSSR count). The number of rotatable bonds is 6. The Morgan fingerprint density at radius 1 is 0.333 bits per heavy atom. The summed E-state index contributed by atoms with van der Waals surface area (Å²) in [5.74, 6) is 0. The minimum Gasteiger partial charge on any atom is -0.310 e. The van der Waals surface area contributed by atoms with Crippen molar-refractivity contribution in [3.63, 3.8) is 0 Å². The number of hydrogen-bond donors (Lipinski definition) is 0. The summed E-state index contributed by atoms with van der Waals surface area (Å²) >= 11 is 0. The third-order valence-corrected chi connectivity index (χ3v) is 11.7. The van der Waals surface area contributed by atoms with Gasteiger partial charge in [-0.15, -0.1) is 0 Å². The fraction of sp³-hybridized carbons (Fsp3) is 0.0189. The first-order valence-electron chi connectivity index (χ1n) is 18.8. The topological polar surface area (TPSA) is 3.24 Å². The van der Waals surface area contributed by atoms with Crippen LogP contribution >= 0.6 is 0 Å². The van der Waals surface area contributed by atoms with Crippen LogP contribution in [0.5, 0.6) is 0 Å². The molecule has 0 bridgehead atoms. The molecule has 1 heteroatoms. The van der Waals surface area contributed by atoms with Crippen LogP contribution in [-0.4, -0.2) is 0 Å². The molecule has 0 amide bonds. The van der Waals surface area contributed by atoms with Crippen molar-refractivity contribution in [1.82, 2.24) is 0 Å². The van der Waals surface area contributed by atoms with Gasteiger partial charge in [-0.05, 0) is 102 Å². The second-order valence-corrected chi connectivity index (χ2v) is 14.4. The maximum absolute atomic E-state index is 2.45. The number of hydrogen-bond acceptors (Lipinski definition) is 1. The molecule has 0 radical (unpaired) electrons. The number of anilines is 3. The van der Waals surface area contributed by atoms with Gasteiger partial charge in [-0.25, -0.2) is 0 Å². The zero-order chi connectivity index (χ0) is 35.6. The van der Waals surface area contributed by atoms with E-state index < -0.39 is 5.41 Å². The summed E-state index contributed by atoms with van der Waals surface area (Å²) in [6.07, 6.45) is 0. The minimum absolute atomic E-state index is 0.446. The van der Waals surface area contributed by atoms with Crippen LogP contribution in [0.4, 0.5) is 17.1 Å². The summed E-state index contributed by atoms with van der Waals surface area (Å²) in [5.41, 5.74) is 13.1. The van der Waals surface area contributed by atoms with Gasteiger partial charge in [0.15, 0.2) is 0 Å². The molecule has 54 heavy (non-hydrogen) atoms. The lowest BCUT2D eigenvalue weighted by Crippen LogP contribution is -2.28. The Balaban J connectivity index is 1.15. The van der Waals surface area contributed by atoms with Gasteiger partial charge in [0, 0.05) is 16.8 Å². The van der Waals surface area contributed by atoms with E-state index in [2.05, 4.69) is 217 Å². The smallest absolute Gasteiger partial charge is 0.0713 e. The number of benzene rings is 10. The predicted octanol–water partition coefficient (Wildman–Crippen LogP) is 14.1. The second kappa shape index (κ2) is 12.0. The highest BCUT2D eigenvalue weighted by atomic mass is 15.1. The maximum atomic E-state index is 2.45. The van der Waals surface area contributed by atoms with Crippen molar-refractivity contribution >= 4 is 49.4 Å². The maximum Gasteiger partial charge on any atom is 0.0713 e. The summed E-state index contributed by atoms with van der Waals surface area (Å²) in [7, 11) is 0. The Hall–Kier alpha value is -6.96. The average Bonchev–Trinajstić information content (AvgIpc) is 3.55. The van der Waals surface area contributed by atoms with E-state index in [4.69, 9.17) is 0 Å². The van der Waals surface area contributed by atoms with Gasteiger partial charge < -0.3 is 4.90 Å². The lowest BCUT2D eigenvalue weighted by Gasteiger charge is -2.34. The molecule has 0 saturated heterocycles. The molecule has 0 atom stereocenters. The average molecular weight is 686 g/mol. The van der Waals surface area contributed by atoms with Crippen molar-refractivity contribution in [2.75, 3.05) is 4.90 Å². The normalized spacial score (nSPS) is 13.0. The lowest BCUT2D eigenvalue weighted by atomic mass is 9.68. The van der Waals surface area contributed by atoms with E-state index in [1.54, 1.807) is 0 Å². The molecule has 0 heterocycles. The van der Waals surface area contributed by atoms with E-state index >= 15 is 0 Å². The van der Waals surface area contributed by atoms with Crippen LogP contribution in [0.2, 0.25) is 0 Å². The lowest BCUT2D eigenvalue weighted by molar-refractivity contribution is 0.768. The van der Waals surface area contributed by atoms with Crippen LogP contribution in [0.3, 0.4) is 0 Å². The monoisotopic (exact) mass is 685 g/mol. The van der Waals surface area contributed by atoms with Crippen molar-refractivity contribution in [3.8, 4) is 22.3 Å². The van der Waals surface area contributed by atoms with Crippen molar-refractivity contribution in [3.05, 3.63) is 235 Å². The molecule has 0 unspecified atom stereocenters. The first kappa shape index (κ1) is 30.6. The van der Waals surface area contributed by atoms with Gasteiger partial charge in [0.1, 0.15) is 0 Å². The summed E-state index contributed by atoms with van der Waals surface area (Å²) in [5, 5.41) is 7.68. The molecule has 1 aliphatic rings. The molecular weight excluding hydrogens is 651 g/mol. The minimum atomic E-state index is -0.446. The summed E-state index contributed by atoms with van der Waals surface area (Å²) in [4.78, 5) is 2.45. The Morgan fingerprint density at radius 3 is 1.57 bits per heavy atom. The molecule has 10 aromatic rings. The molecule has 10 aromatic carbocycles. The zero-order valence-electron chi connectivity index (χ0n) is 29.7. The van der Waals surface area contributed by atoms with Crippen molar-refractivity contribution in [1.29, 1.82) is 0 Å². The summed E-state index contributed by atoms with van der Waals surface area (Å²) in [6.45, 7) is 0. The molecule has 0 fully saturated rings. The number of fused-ring (bicyclic) bond motifs is 3. The van der Waals surface area contributed by atoms with Gasteiger partial charge in [0.25, 0.3) is 0 Å². The van der Waals surface area contributed by atoms with Gasteiger partial charge in [0.05, 0.1) is 11.1 Å². The second-order valence-electron chi connectivity index (χ2n) is 14.4. The highest BCUT2D eigenvalue weighted by molar-refractivity contribution is 6.25. The van der Waals surface area contributed by atoms with Crippen LogP contribution < -0.4 is 4.90 Å². The van der Waals surface area contributed by atoms with E-state index in [9.17, 15) is 0 Å². The van der Waals surface area contributed by atoms with Crippen LogP contribution in [-0.2, 0) is 5.41 Å². The quantitative estimate of drug-likeness (QED) is 0.158. The van der Waals surface area contributed by atoms with Crippen molar-refractivity contribution < 1.29 is 0 Å². The zero-order valence-corrected chi connectivity index (χ0v) is 29.7. The molecule has 1 aliphatic carbocycles. The third kappa shape index (κ3) is 4.45. The fourth-order valence-corrected chi connectivity index (χ4v) is 9.37. The van der Waals surface area contributed by atoms with Gasteiger partial charge >= 0.3 is 0 Å².